The number of rotatable bonds is 6. The molecule has 0 aliphatic heterocycles. The van der Waals surface area contributed by atoms with Crippen LogP contribution in [0.25, 0.3) is 0 Å². The Morgan fingerprint density at radius 3 is 2.17 bits per heavy atom. The Morgan fingerprint density at radius 2 is 1.78 bits per heavy atom. The molecule has 0 aliphatic rings. The Morgan fingerprint density at radius 1 is 1.22 bits per heavy atom. The van der Waals surface area contributed by atoms with E-state index in [2.05, 4.69) is 22.1 Å². The maximum Gasteiger partial charge on any atom is 0.242 e. The Kier molecular flexibility index (Phi) is 13.9. The largest absolute Gasteiger partial charge is 0.370 e. The van der Waals surface area contributed by atoms with Gasteiger partial charge in [0, 0.05) is 11.9 Å². The summed E-state index contributed by atoms with van der Waals surface area (Å²) >= 11 is 1.48. The minimum absolute atomic E-state index is 0.190. The van der Waals surface area contributed by atoms with Gasteiger partial charge in [-0.1, -0.05) is 0 Å². The highest BCUT2D eigenvalue weighted by Gasteiger charge is 2.22. The highest BCUT2D eigenvalue weighted by molar-refractivity contribution is 7.10. The highest BCUT2D eigenvalue weighted by atomic mass is 32.1. The fourth-order valence-corrected chi connectivity index (χ4v) is 2.47. The van der Waals surface area contributed by atoms with Crippen molar-refractivity contribution in [3.05, 3.63) is 21.9 Å². The molecule has 0 aliphatic carbocycles. The third kappa shape index (κ3) is 9.61. The third-order valence-corrected chi connectivity index (χ3v) is 3.62. The lowest BCUT2D eigenvalue weighted by Crippen LogP contribution is -2.48. The average Bonchev–Trinajstić information content (AvgIpc) is 2.94. The lowest BCUT2D eigenvalue weighted by atomic mass is 10.1. The summed E-state index contributed by atoms with van der Waals surface area (Å²) in [6, 6.07) is 1.00. The van der Waals surface area contributed by atoms with E-state index in [1.165, 1.54) is 32.5 Å². The van der Waals surface area contributed by atoms with Gasteiger partial charge < -0.3 is 27.8 Å². The molecule has 0 bridgehead atoms. The Bertz CT molecular complexity index is 491. The highest BCUT2D eigenvalue weighted by Crippen LogP contribution is 2.15. The van der Waals surface area contributed by atoms with Crippen LogP contribution in [-0.2, 0) is 20.8 Å². The first kappa shape index (κ1) is 23.3. The summed E-state index contributed by atoms with van der Waals surface area (Å²) in [5.41, 5.74) is 15.1. The van der Waals surface area contributed by atoms with Gasteiger partial charge >= 0.3 is 0 Å². The van der Waals surface area contributed by atoms with Gasteiger partial charge in [-0.25, -0.2) is 0 Å². The van der Waals surface area contributed by atoms with Gasteiger partial charge in [-0.3, -0.25) is 14.4 Å². The van der Waals surface area contributed by atoms with Crippen molar-refractivity contribution < 1.29 is 14.4 Å². The second-order valence-corrected chi connectivity index (χ2v) is 5.11. The molecule has 0 unspecified atom stereocenters. The number of nitrogens with one attached hydrogen (secondary N) is 2. The van der Waals surface area contributed by atoms with Crippen LogP contribution in [-0.4, -0.2) is 44.9 Å². The lowest BCUT2D eigenvalue weighted by Gasteiger charge is -2.15. The molecule has 3 amide bonds. The van der Waals surface area contributed by atoms with E-state index in [4.69, 9.17) is 5.73 Å². The molecule has 8 N–H and O–H groups in total. The molecule has 1 heterocycles. The van der Waals surface area contributed by atoms with Crippen LogP contribution in [0.5, 0.6) is 0 Å². The van der Waals surface area contributed by atoms with Crippen LogP contribution in [0, 0.1) is 6.92 Å². The number of carbonyl (C=O) groups excluding carboxylic acids is 3. The van der Waals surface area contributed by atoms with Gasteiger partial charge in [-0.05, 0) is 38.0 Å². The molecule has 0 aromatic carbocycles. The molecule has 1 rings (SSSR count). The van der Waals surface area contributed by atoms with Crippen LogP contribution < -0.4 is 27.8 Å². The maximum absolute atomic E-state index is 11.8. The molecular weight excluding hydrogens is 318 g/mol. The summed E-state index contributed by atoms with van der Waals surface area (Å²) in [4.78, 5) is 35.2. The van der Waals surface area contributed by atoms with Crippen LogP contribution >= 0.6 is 11.3 Å². The predicted molar refractivity (Wildman–Crippen MR) is 92.8 cm³/mol. The van der Waals surface area contributed by atoms with Gasteiger partial charge in [0.15, 0.2) is 0 Å². The topological polar surface area (TPSA) is 153 Å². The van der Waals surface area contributed by atoms with Gasteiger partial charge in [0.05, 0.1) is 12.8 Å². The van der Waals surface area contributed by atoms with E-state index in [0.29, 0.717) is 0 Å². The van der Waals surface area contributed by atoms with Crippen LogP contribution in [0.15, 0.2) is 11.4 Å². The molecule has 23 heavy (non-hydrogen) atoms. The van der Waals surface area contributed by atoms with E-state index >= 15 is 0 Å². The second kappa shape index (κ2) is 13.7. The van der Waals surface area contributed by atoms with Crippen molar-refractivity contribution in [3.63, 3.8) is 0 Å². The number of aryl methyl sites for hydroxylation is 1. The second-order valence-electron chi connectivity index (χ2n) is 4.11. The van der Waals surface area contributed by atoms with E-state index in [1.54, 1.807) is 0 Å². The average molecular weight is 345 g/mol. The van der Waals surface area contributed by atoms with Crippen LogP contribution in [0.4, 0.5) is 0 Å². The number of hydrogen-bond acceptors (Lipinski definition) is 6. The minimum atomic E-state index is -0.921. The lowest BCUT2D eigenvalue weighted by molar-refractivity contribution is -0.130. The molecule has 0 saturated carbocycles. The zero-order valence-electron chi connectivity index (χ0n) is 14.0. The fourth-order valence-electron chi connectivity index (χ4n) is 1.56. The first-order chi connectivity index (χ1) is 10.9. The summed E-state index contributed by atoms with van der Waals surface area (Å²) in [6.07, 6.45) is -0.0232. The van der Waals surface area contributed by atoms with Crippen molar-refractivity contribution in [1.29, 1.82) is 0 Å². The summed E-state index contributed by atoms with van der Waals surface area (Å²) in [7, 11) is 4.44. The molecule has 0 radical (unpaired) electrons. The molecule has 1 atom stereocenters. The van der Waals surface area contributed by atoms with Crippen LogP contribution in [0.2, 0.25) is 0 Å². The zero-order valence-corrected chi connectivity index (χ0v) is 14.8. The number of thiophene rings is 1. The van der Waals surface area contributed by atoms with E-state index in [0.717, 1.165) is 10.4 Å². The molecule has 1 aromatic rings. The Labute approximate surface area is 140 Å². The summed E-state index contributed by atoms with van der Waals surface area (Å²) in [6.45, 7) is 1.92. The van der Waals surface area contributed by atoms with Crippen LogP contribution in [0.3, 0.4) is 0 Å². The van der Waals surface area contributed by atoms with Crippen molar-refractivity contribution in [3.8, 4) is 0 Å². The monoisotopic (exact) mass is 345 g/mol. The molecular formula is C14H27N5O3S. The molecule has 1 aromatic heterocycles. The molecule has 9 heteroatoms. The number of carbonyl (C=O) groups is 3. The van der Waals surface area contributed by atoms with Gasteiger partial charge in [0.25, 0.3) is 0 Å². The van der Waals surface area contributed by atoms with E-state index in [-0.39, 0.29) is 18.7 Å². The van der Waals surface area contributed by atoms with Crippen molar-refractivity contribution >= 4 is 29.1 Å². The Hall–Kier alpha value is -1.97. The quantitative estimate of drug-likeness (QED) is 0.441. The molecule has 0 spiro atoms. The maximum atomic E-state index is 11.8. The zero-order chi connectivity index (χ0) is 18.4. The summed E-state index contributed by atoms with van der Waals surface area (Å²) in [5.74, 6) is -1.38. The summed E-state index contributed by atoms with van der Waals surface area (Å²) in [5, 5.41) is 6.81. The van der Waals surface area contributed by atoms with E-state index in [1.807, 2.05) is 18.4 Å². The molecule has 0 fully saturated rings. The van der Waals surface area contributed by atoms with Crippen molar-refractivity contribution in [1.82, 2.24) is 10.6 Å². The normalized spacial score (nSPS) is 10.2. The van der Waals surface area contributed by atoms with Gasteiger partial charge in [-0.2, -0.15) is 0 Å². The SMILES string of the molecule is CN.CN.CNC(=O)[C@H](CC(N)=O)NC(=O)Cc1sccc1C. The predicted octanol–water partition coefficient (Wildman–Crippen LogP) is -1.14. The first-order valence-electron chi connectivity index (χ1n) is 6.91. The number of hydrogen-bond donors (Lipinski definition) is 5. The van der Waals surface area contributed by atoms with Gasteiger partial charge in [0.2, 0.25) is 17.7 Å². The number of nitrogens with two attached hydrogens (primary N) is 3. The van der Waals surface area contributed by atoms with Crippen molar-refractivity contribution in [2.75, 3.05) is 21.1 Å². The van der Waals surface area contributed by atoms with Crippen molar-refractivity contribution in [2.24, 2.45) is 17.2 Å². The smallest absolute Gasteiger partial charge is 0.242 e. The number of likely N-dealkylation sites (N-methyl/N-ethyl adjacent to an activating group) is 1. The van der Waals surface area contributed by atoms with Crippen LogP contribution in [0.1, 0.15) is 16.9 Å². The molecule has 8 nitrogen and oxygen atoms in total. The number of amides is 3. The van der Waals surface area contributed by atoms with Gasteiger partial charge in [0.1, 0.15) is 6.04 Å². The minimum Gasteiger partial charge on any atom is -0.370 e. The van der Waals surface area contributed by atoms with Gasteiger partial charge in [-0.15, -0.1) is 11.3 Å². The van der Waals surface area contributed by atoms with E-state index < -0.39 is 17.9 Å². The molecule has 0 saturated heterocycles. The van der Waals surface area contributed by atoms with Crippen molar-refractivity contribution in [2.45, 2.75) is 25.8 Å². The summed E-state index contributed by atoms with van der Waals surface area (Å²) < 4.78 is 0. The standard InChI is InChI=1S/C12H17N3O3S.2CH5N/c1-7-3-4-19-9(7)6-11(17)15-8(5-10(13)16)12(18)14-2;2*1-2/h3-4,8H,5-6H2,1-2H3,(H2,13,16)(H,14,18)(H,15,17);2*2H2,1H3/t8-;;/m0../s1. The number of primary amides is 1. The van der Waals surface area contributed by atoms with E-state index in [9.17, 15) is 14.4 Å². The molecule has 132 valence electrons. The Balaban J connectivity index is 0. The first-order valence-corrected chi connectivity index (χ1v) is 7.79. The fraction of sp³-hybridized carbons (Fsp3) is 0.500. The third-order valence-electron chi connectivity index (χ3n) is 2.59.